The van der Waals surface area contributed by atoms with Gasteiger partial charge in [-0.15, -0.1) is 0 Å². The summed E-state index contributed by atoms with van der Waals surface area (Å²) in [4.78, 5) is 17.3. The third-order valence-electron chi connectivity index (χ3n) is 7.03. The summed E-state index contributed by atoms with van der Waals surface area (Å²) in [6, 6.07) is 42.0. The van der Waals surface area contributed by atoms with Crippen molar-refractivity contribution in [3.8, 4) is 39.9 Å². The van der Waals surface area contributed by atoms with Gasteiger partial charge in [-0.1, -0.05) is 96.7 Å². The van der Waals surface area contributed by atoms with Gasteiger partial charge in [0.25, 0.3) is 0 Å². The molecule has 5 heteroatoms. The van der Waals surface area contributed by atoms with E-state index >= 15 is 0 Å². The lowest BCUT2D eigenvalue weighted by Crippen LogP contribution is -2.01. The Morgan fingerprint density at radius 1 is 0.474 bits per heavy atom. The third kappa shape index (κ3) is 3.29. The van der Waals surface area contributed by atoms with E-state index < -0.39 is 0 Å². The van der Waals surface area contributed by atoms with E-state index in [1.165, 1.54) is 37.3 Å². The van der Waals surface area contributed by atoms with Gasteiger partial charge in [0.05, 0.1) is 16.7 Å². The van der Waals surface area contributed by atoms with Crippen LogP contribution in [0.5, 0.6) is 0 Å². The molecule has 0 amide bonds. The van der Waals surface area contributed by atoms with E-state index in [9.17, 15) is 0 Å². The Bertz CT molecular complexity index is 1940. The van der Waals surface area contributed by atoms with Crippen molar-refractivity contribution in [2.24, 2.45) is 0 Å². The molecule has 0 saturated heterocycles. The van der Waals surface area contributed by atoms with Crippen molar-refractivity contribution in [3.05, 3.63) is 121 Å². The average molecular weight is 505 g/mol. The second-order valence-corrected chi connectivity index (χ2v) is 10.4. The summed E-state index contributed by atoms with van der Waals surface area (Å²) >= 11 is 1.84. The monoisotopic (exact) mass is 504 g/mol. The molecule has 2 aromatic heterocycles. The molecule has 0 N–H and O–H groups in total. The zero-order valence-electron chi connectivity index (χ0n) is 20.2. The summed E-state index contributed by atoms with van der Waals surface area (Å²) in [5.74, 6) is 2.01. The van der Waals surface area contributed by atoms with Crippen LogP contribution in [0, 0.1) is 0 Å². The highest BCUT2D eigenvalue weighted by Crippen LogP contribution is 2.46. The lowest BCUT2D eigenvalue weighted by Gasteiger charge is -2.19. The molecule has 0 unspecified atom stereocenters. The molecular formula is C33H20N4S. The van der Waals surface area contributed by atoms with Crippen LogP contribution in [0.25, 0.3) is 61.7 Å². The molecule has 0 spiro atoms. The third-order valence-corrected chi connectivity index (χ3v) is 8.15. The van der Waals surface area contributed by atoms with Crippen LogP contribution >= 0.6 is 11.8 Å². The molecule has 38 heavy (non-hydrogen) atoms. The Hall–Kier alpha value is -4.74. The second kappa shape index (κ2) is 8.40. The molecule has 1 aliphatic rings. The number of hydrogen-bond donors (Lipinski definition) is 0. The van der Waals surface area contributed by atoms with Crippen LogP contribution in [-0.2, 0) is 0 Å². The van der Waals surface area contributed by atoms with Crippen molar-refractivity contribution >= 4 is 33.6 Å². The van der Waals surface area contributed by atoms with Crippen molar-refractivity contribution in [1.29, 1.82) is 0 Å². The van der Waals surface area contributed by atoms with Crippen molar-refractivity contribution in [3.63, 3.8) is 0 Å². The molecule has 5 aromatic carbocycles. The van der Waals surface area contributed by atoms with Crippen molar-refractivity contribution < 1.29 is 0 Å². The fraction of sp³-hybridized carbons (Fsp3) is 0. The van der Waals surface area contributed by atoms with E-state index in [0.29, 0.717) is 17.5 Å². The Morgan fingerprint density at radius 2 is 1.08 bits per heavy atom. The quantitative estimate of drug-likeness (QED) is 0.242. The van der Waals surface area contributed by atoms with Gasteiger partial charge in [0.15, 0.2) is 17.5 Å². The molecule has 1 aliphatic heterocycles. The van der Waals surface area contributed by atoms with Crippen molar-refractivity contribution in [2.45, 2.75) is 9.79 Å². The summed E-state index contributed by atoms with van der Waals surface area (Å²) in [6.45, 7) is 0. The van der Waals surface area contributed by atoms with Gasteiger partial charge >= 0.3 is 0 Å². The van der Waals surface area contributed by atoms with Crippen LogP contribution < -0.4 is 0 Å². The normalized spacial score (nSPS) is 12.1. The summed E-state index contributed by atoms with van der Waals surface area (Å²) in [5.41, 5.74) is 6.57. The maximum atomic E-state index is 4.95. The largest absolute Gasteiger partial charge is 0.307 e. The number of hydrogen-bond acceptors (Lipinski definition) is 4. The Labute approximate surface area is 223 Å². The first kappa shape index (κ1) is 21.4. The van der Waals surface area contributed by atoms with E-state index in [1.54, 1.807) is 0 Å². The van der Waals surface area contributed by atoms with Crippen LogP contribution in [0.15, 0.2) is 131 Å². The standard InChI is InChI=1S/C33H20N4S/c1-3-10-21(11-4-1)31-34-32(22-12-5-2-6-13-22)36-33(35-31)23-18-19-26-25(20-23)24-14-9-17-29-30(24)37(26)27-15-7-8-16-28(27)38-29/h1-20H. The van der Waals surface area contributed by atoms with Gasteiger partial charge in [-0.2, -0.15) is 0 Å². The summed E-state index contributed by atoms with van der Waals surface area (Å²) in [5, 5.41) is 2.43. The number of nitrogens with zero attached hydrogens (tertiary/aromatic N) is 4. The molecule has 3 heterocycles. The predicted molar refractivity (Wildman–Crippen MR) is 155 cm³/mol. The topological polar surface area (TPSA) is 43.6 Å². The SMILES string of the molecule is c1ccc(-c2nc(-c3ccccc3)nc(-c3ccc4c(c3)c3cccc5c3n4-c3ccccc3S5)n2)cc1. The van der Waals surface area contributed by atoms with Gasteiger partial charge in [-0.3, -0.25) is 0 Å². The minimum Gasteiger partial charge on any atom is -0.307 e. The van der Waals surface area contributed by atoms with Crippen LogP contribution in [0.4, 0.5) is 0 Å². The molecule has 178 valence electrons. The van der Waals surface area contributed by atoms with Crippen molar-refractivity contribution in [2.75, 3.05) is 0 Å². The zero-order chi connectivity index (χ0) is 25.1. The average Bonchev–Trinajstić information content (AvgIpc) is 3.33. The van der Waals surface area contributed by atoms with E-state index in [1.807, 2.05) is 72.4 Å². The summed E-state index contributed by atoms with van der Waals surface area (Å²) in [7, 11) is 0. The first-order valence-electron chi connectivity index (χ1n) is 12.6. The smallest absolute Gasteiger partial charge is 0.164 e. The maximum Gasteiger partial charge on any atom is 0.164 e. The van der Waals surface area contributed by atoms with Gasteiger partial charge in [0.1, 0.15) is 0 Å². The first-order chi connectivity index (χ1) is 18.8. The van der Waals surface area contributed by atoms with E-state index in [0.717, 1.165) is 16.7 Å². The van der Waals surface area contributed by atoms with Crippen LogP contribution in [0.2, 0.25) is 0 Å². The highest BCUT2D eigenvalue weighted by Gasteiger charge is 2.23. The molecule has 0 radical (unpaired) electrons. The van der Waals surface area contributed by atoms with Crippen LogP contribution in [0.1, 0.15) is 0 Å². The fourth-order valence-electron chi connectivity index (χ4n) is 5.29. The number of para-hydroxylation sites is 2. The highest BCUT2D eigenvalue weighted by molar-refractivity contribution is 7.99. The molecule has 4 nitrogen and oxygen atoms in total. The Kier molecular flexibility index (Phi) is 4.72. The van der Waals surface area contributed by atoms with E-state index in [-0.39, 0.29) is 0 Å². The lowest BCUT2D eigenvalue weighted by atomic mass is 10.1. The summed E-state index contributed by atoms with van der Waals surface area (Å²) < 4.78 is 2.40. The molecule has 0 fully saturated rings. The number of aromatic nitrogens is 4. The van der Waals surface area contributed by atoms with Gasteiger partial charge in [0.2, 0.25) is 0 Å². The molecule has 8 rings (SSSR count). The Balaban J connectivity index is 1.38. The van der Waals surface area contributed by atoms with E-state index in [2.05, 4.69) is 65.2 Å². The maximum absolute atomic E-state index is 4.95. The molecule has 0 aliphatic carbocycles. The zero-order valence-corrected chi connectivity index (χ0v) is 21.1. The van der Waals surface area contributed by atoms with Gasteiger partial charge in [-0.05, 0) is 36.4 Å². The second-order valence-electron chi connectivity index (χ2n) is 9.33. The van der Waals surface area contributed by atoms with E-state index in [4.69, 9.17) is 15.0 Å². The van der Waals surface area contributed by atoms with Gasteiger partial charge in [0, 0.05) is 37.3 Å². The predicted octanol–water partition coefficient (Wildman–Crippen LogP) is 8.43. The van der Waals surface area contributed by atoms with Gasteiger partial charge < -0.3 is 4.57 Å². The highest BCUT2D eigenvalue weighted by atomic mass is 32.2. The number of benzene rings is 5. The minimum absolute atomic E-state index is 0.668. The molecule has 0 saturated carbocycles. The molecular weight excluding hydrogens is 484 g/mol. The van der Waals surface area contributed by atoms with Crippen molar-refractivity contribution in [1.82, 2.24) is 19.5 Å². The molecule has 7 aromatic rings. The van der Waals surface area contributed by atoms with Gasteiger partial charge in [-0.25, -0.2) is 15.0 Å². The van der Waals surface area contributed by atoms with Crippen LogP contribution in [-0.4, -0.2) is 19.5 Å². The van der Waals surface area contributed by atoms with Crippen LogP contribution in [0.3, 0.4) is 0 Å². The first-order valence-corrected chi connectivity index (χ1v) is 13.4. The molecule has 0 bridgehead atoms. The summed E-state index contributed by atoms with van der Waals surface area (Å²) in [6.07, 6.45) is 0. The lowest BCUT2D eigenvalue weighted by molar-refractivity contribution is 1.07. The molecule has 0 atom stereocenters. The minimum atomic E-state index is 0.668. The Morgan fingerprint density at radius 3 is 1.79 bits per heavy atom. The number of rotatable bonds is 3. The number of fused-ring (bicyclic) bond motifs is 5. The fourth-order valence-corrected chi connectivity index (χ4v) is 6.39.